The van der Waals surface area contributed by atoms with Gasteiger partial charge in [-0.2, -0.15) is 0 Å². The molecule has 0 saturated heterocycles. The molecule has 21 heavy (non-hydrogen) atoms. The van der Waals surface area contributed by atoms with Gasteiger partial charge >= 0.3 is 0 Å². The van der Waals surface area contributed by atoms with Crippen LogP contribution in [0.4, 0.5) is 0 Å². The van der Waals surface area contributed by atoms with Crippen molar-refractivity contribution in [3.05, 3.63) is 68.3 Å². The first-order chi connectivity index (χ1) is 9.89. The summed E-state index contributed by atoms with van der Waals surface area (Å²) >= 11 is 15.7. The maximum Gasteiger partial charge on any atom is 0.153 e. The molecule has 3 aromatic rings. The first-order valence-electron chi connectivity index (χ1n) is 6.26. The molecule has 1 N–H and O–H groups in total. The normalized spacial score (nSPS) is 14.3. The van der Waals surface area contributed by atoms with E-state index in [9.17, 15) is 5.11 Å². The lowest BCUT2D eigenvalue weighted by molar-refractivity contribution is 0.0787. The van der Waals surface area contributed by atoms with Gasteiger partial charge in [-0.1, -0.05) is 57.3 Å². The molecule has 0 aliphatic rings. The summed E-state index contributed by atoms with van der Waals surface area (Å²) < 4.78 is 6.60. The van der Waals surface area contributed by atoms with Gasteiger partial charge in [0.2, 0.25) is 0 Å². The van der Waals surface area contributed by atoms with Gasteiger partial charge in [0.25, 0.3) is 0 Å². The van der Waals surface area contributed by atoms with Crippen LogP contribution in [0.3, 0.4) is 0 Å². The van der Waals surface area contributed by atoms with Gasteiger partial charge in [0.15, 0.2) is 5.58 Å². The minimum atomic E-state index is -1.35. The second-order valence-electron chi connectivity index (χ2n) is 4.97. The van der Waals surface area contributed by atoms with Crippen LogP contribution in [-0.2, 0) is 5.60 Å². The summed E-state index contributed by atoms with van der Waals surface area (Å²) in [5.41, 5.74) is -0.217. The molecule has 2 nitrogen and oxygen atoms in total. The fourth-order valence-corrected chi connectivity index (χ4v) is 3.36. The molecule has 1 atom stereocenters. The average molecular weight is 386 g/mol. The van der Waals surface area contributed by atoms with Crippen molar-refractivity contribution in [1.82, 2.24) is 0 Å². The van der Waals surface area contributed by atoms with Gasteiger partial charge in [-0.25, -0.2) is 0 Å². The molecule has 0 aliphatic carbocycles. The number of hydrogen-bond acceptors (Lipinski definition) is 2. The summed E-state index contributed by atoms with van der Waals surface area (Å²) in [6.45, 7) is 1.65. The Labute approximate surface area is 140 Å². The number of halogens is 3. The zero-order valence-corrected chi connectivity index (χ0v) is 14.1. The van der Waals surface area contributed by atoms with E-state index in [2.05, 4.69) is 15.9 Å². The number of aliphatic hydroxyl groups is 1. The Morgan fingerprint density at radius 2 is 1.86 bits per heavy atom. The molecular formula is C16H11BrCl2O2. The van der Waals surface area contributed by atoms with Gasteiger partial charge < -0.3 is 9.52 Å². The fourth-order valence-electron chi connectivity index (χ4n) is 2.28. The molecule has 3 rings (SSSR count). The molecule has 0 spiro atoms. The monoisotopic (exact) mass is 384 g/mol. The molecule has 2 aromatic carbocycles. The molecule has 0 aliphatic heterocycles. The number of benzene rings is 2. The van der Waals surface area contributed by atoms with Gasteiger partial charge in [-0.05, 0) is 31.2 Å². The van der Waals surface area contributed by atoms with E-state index in [1.807, 2.05) is 18.2 Å². The smallest absolute Gasteiger partial charge is 0.153 e. The summed E-state index contributed by atoms with van der Waals surface area (Å²) in [6.07, 6.45) is 0. The van der Waals surface area contributed by atoms with Gasteiger partial charge in [0, 0.05) is 20.4 Å². The molecule has 108 valence electrons. The van der Waals surface area contributed by atoms with E-state index in [1.54, 1.807) is 31.2 Å². The highest BCUT2D eigenvalue weighted by Crippen LogP contribution is 2.38. The van der Waals surface area contributed by atoms with E-state index in [1.165, 1.54) is 0 Å². The average Bonchev–Trinajstić information content (AvgIpc) is 2.84. The van der Waals surface area contributed by atoms with Crippen LogP contribution in [0.2, 0.25) is 10.0 Å². The van der Waals surface area contributed by atoms with Gasteiger partial charge in [-0.15, -0.1) is 0 Å². The lowest BCUT2D eigenvalue weighted by Gasteiger charge is -2.22. The van der Waals surface area contributed by atoms with Crippen molar-refractivity contribution in [3.8, 4) is 0 Å². The van der Waals surface area contributed by atoms with Crippen molar-refractivity contribution in [2.75, 3.05) is 0 Å². The van der Waals surface area contributed by atoms with Crippen LogP contribution in [0.25, 0.3) is 11.0 Å². The lowest BCUT2D eigenvalue weighted by Crippen LogP contribution is -2.22. The third-order valence-corrected chi connectivity index (χ3v) is 4.54. The first-order valence-corrected chi connectivity index (χ1v) is 7.81. The van der Waals surface area contributed by atoms with Crippen molar-refractivity contribution in [3.63, 3.8) is 0 Å². The topological polar surface area (TPSA) is 33.4 Å². The standard InChI is InChI=1S/C16H11BrCl2O2/c1-16(20,11-6-5-10(17)8-13(11)19)14-7-9-3-2-4-12(18)15(9)21-14/h2-8,20H,1H3. The van der Waals surface area contributed by atoms with E-state index in [0.29, 0.717) is 27.0 Å². The third-order valence-electron chi connectivity index (χ3n) is 3.43. The molecule has 0 radical (unpaired) electrons. The Kier molecular flexibility index (Phi) is 3.78. The lowest BCUT2D eigenvalue weighted by atomic mass is 9.93. The van der Waals surface area contributed by atoms with E-state index >= 15 is 0 Å². The molecule has 0 amide bonds. The van der Waals surface area contributed by atoms with Crippen LogP contribution in [-0.4, -0.2) is 5.11 Å². The summed E-state index contributed by atoms with van der Waals surface area (Å²) in [6, 6.07) is 12.6. The molecule has 1 unspecified atom stereocenters. The fraction of sp³-hybridized carbons (Fsp3) is 0.125. The summed E-state index contributed by atoms with van der Waals surface area (Å²) in [4.78, 5) is 0. The zero-order chi connectivity index (χ0) is 15.2. The second kappa shape index (κ2) is 5.33. The Morgan fingerprint density at radius 1 is 1.10 bits per heavy atom. The maximum absolute atomic E-state index is 10.9. The molecule has 1 heterocycles. The van der Waals surface area contributed by atoms with E-state index < -0.39 is 5.60 Å². The Hall–Kier alpha value is -1.000. The van der Waals surface area contributed by atoms with Crippen LogP contribution in [0, 0.1) is 0 Å². The van der Waals surface area contributed by atoms with E-state index in [4.69, 9.17) is 27.6 Å². The number of furan rings is 1. The summed E-state index contributed by atoms with van der Waals surface area (Å²) in [7, 11) is 0. The summed E-state index contributed by atoms with van der Waals surface area (Å²) in [5.74, 6) is 0.398. The number of rotatable bonds is 2. The molecule has 1 aromatic heterocycles. The molecule has 0 bridgehead atoms. The number of fused-ring (bicyclic) bond motifs is 1. The minimum absolute atomic E-state index is 0.398. The predicted octanol–water partition coefficient (Wildman–Crippen LogP) is 5.76. The third kappa shape index (κ3) is 2.59. The minimum Gasteiger partial charge on any atom is -0.456 e. The van der Waals surface area contributed by atoms with Crippen LogP contribution < -0.4 is 0 Å². The number of para-hydroxylation sites is 1. The van der Waals surface area contributed by atoms with Crippen molar-refractivity contribution in [1.29, 1.82) is 0 Å². The highest BCUT2D eigenvalue weighted by molar-refractivity contribution is 9.10. The molecule has 5 heteroatoms. The van der Waals surface area contributed by atoms with Crippen LogP contribution in [0.15, 0.2) is 51.4 Å². The van der Waals surface area contributed by atoms with Gasteiger partial charge in [0.1, 0.15) is 11.4 Å². The van der Waals surface area contributed by atoms with Crippen molar-refractivity contribution in [2.24, 2.45) is 0 Å². The van der Waals surface area contributed by atoms with E-state index in [0.717, 1.165) is 9.86 Å². The van der Waals surface area contributed by atoms with Gasteiger partial charge in [-0.3, -0.25) is 0 Å². The molecule has 0 saturated carbocycles. The quantitative estimate of drug-likeness (QED) is 0.608. The molecule has 0 fully saturated rings. The SMILES string of the molecule is CC(O)(c1cc2cccc(Cl)c2o1)c1ccc(Br)cc1Cl. The predicted molar refractivity (Wildman–Crippen MR) is 89.0 cm³/mol. The van der Waals surface area contributed by atoms with Crippen molar-refractivity contribution in [2.45, 2.75) is 12.5 Å². The second-order valence-corrected chi connectivity index (χ2v) is 6.70. The summed E-state index contributed by atoms with van der Waals surface area (Å²) in [5, 5.41) is 12.7. The number of hydrogen-bond donors (Lipinski definition) is 1. The Bertz CT molecular complexity index is 824. The Balaban J connectivity index is 2.17. The van der Waals surface area contributed by atoms with E-state index in [-0.39, 0.29) is 0 Å². The highest BCUT2D eigenvalue weighted by atomic mass is 79.9. The highest BCUT2D eigenvalue weighted by Gasteiger charge is 2.32. The maximum atomic E-state index is 10.9. The van der Waals surface area contributed by atoms with Crippen LogP contribution in [0.5, 0.6) is 0 Å². The zero-order valence-electron chi connectivity index (χ0n) is 11.0. The van der Waals surface area contributed by atoms with Crippen molar-refractivity contribution < 1.29 is 9.52 Å². The van der Waals surface area contributed by atoms with Crippen LogP contribution in [0.1, 0.15) is 18.2 Å². The largest absolute Gasteiger partial charge is 0.456 e. The van der Waals surface area contributed by atoms with Gasteiger partial charge in [0.05, 0.1) is 5.02 Å². The Morgan fingerprint density at radius 3 is 2.52 bits per heavy atom. The van der Waals surface area contributed by atoms with Crippen LogP contribution >= 0.6 is 39.1 Å². The van der Waals surface area contributed by atoms with Crippen molar-refractivity contribution >= 4 is 50.1 Å². The first kappa shape index (κ1) is 14.9. The molecular weight excluding hydrogens is 375 g/mol.